The molecule has 1 N–H and O–H groups in total. The van der Waals surface area contributed by atoms with Crippen molar-refractivity contribution in [3.8, 4) is 5.88 Å². The summed E-state index contributed by atoms with van der Waals surface area (Å²) in [6, 6.07) is 3.93. The van der Waals surface area contributed by atoms with Crippen LogP contribution in [0.1, 0.15) is 25.1 Å². The van der Waals surface area contributed by atoms with Crippen LogP contribution in [-0.2, 0) is 12.1 Å². The number of nitrogens with zero attached hydrogens (tertiary/aromatic N) is 3. The summed E-state index contributed by atoms with van der Waals surface area (Å²) in [6.07, 6.45) is 5.50. The quantitative estimate of drug-likeness (QED) is 0.890. The standard InChI is InChI=1S/C14H20N4O/c1-14(2,15-3)12-8-16-10-18(12)9-11-5-6-17-13(7-11)19-4/h5-8,10,15H,9H2,1-4H3. The van der Waals surface area contributed by atoms with Crippen LogP contribution in [0.5, 0.6) is 5.88 Å². The van der Waals surface area contributed by atoms with Gasteiger partial charge in [-0.25, -0.2) is 9.97 Å². The van der Waals surface area contributed by atoms with Crippen LogP contribution in [0.25, 0.3) is 0 Å². The molecule has 0 aromatic carbocycles. The van der Waals surface area contributed by atoms with Crippen molar-refractivity contribution in [1.82, 2.24) is 19.9 Å². The molecule has 0 radical (unpaired) electrons. The third kappa shape index (κ3) is 2.93. The molecule has 0 fully saturated rings. The van der Waals surface area contributed by atoms with Crippen molar-refractivity contribution in [3.63, 3.8) is 0 Å². The molecule has 5 heteroatoms. The second-order valence-electron chi connectivity index (χ2n) is 4.99. The van der Waals surface area contributed by atoms with Gasteiger partial charge < -0.3 is 14.6 Å². The van der Waals surface area contributed by atoms with Crippen molar-refractivity contribution in [2.24, 2.45) is 0 Å². The summed E-state index contributed by atoms with van der Waals surface area (Å²) >= 11 is 0. The Morgan fingerprint density at radius 3 is 2.89 bits per heavy atom. The van der Waals surface area contributed by atoms with E-state index in [1.54, 1.807) is 13.3 Å². The van der Waals surface area contributed by atoms with Gasteiger partial charge in [0.05, 0.1) is 30.9 Å². The van der Waals surface area contributed by atoms with Gasteiger partial charge in [-0.3, -0.25) is 0 Å². The van der Waals surface area contributed by atoms with E-state index in [1.807, 2.05) is 31.7 Å². The van der Waals surface area contributed by atoms with Gasteiger partial charge in [-0.05, 0) is 32.5 Å². The van der Waals surface area contributed by atoms with Crippen LogP contribution in [0.3, 0.4) is 0 Å². The van der Waals surface area contributed by atoms with Gasteiger partial charge >= 0.3 is 0 Å². The van der Waals surface area contributed by atoms with Crippen LogP contribution < -0.4 is 10.1 Å². The van der Waals surface area contributed by atoms with E-state index in [9.17, 15) is 0 Å². The molecule has 0 aliphatic carbocycles. The second kappa shape index (κ2) is 5.40. The molecular weight excluding hydrogens is 240 g/mol. The highest BCUT2D eigenvalue weighted by Crippen LogP contribution is 2.20. The zero-order valence-corrected chi connectivity index (χ0v) is 11.8. The fourth-order valence-corrected chi connectivity index (χ4v) is 1.95. The number of pyridine rings is 1. The molecule has 0 unspecified atom stereocenters. The average molecular weight is 260 g/mol. The first-order valence-electron chi connectivity index (χ1n) is 6.25. The third-order valence-corrected chi connectivity index (χ3v) is 3.34. The van der Waals surface area contributed by atoms with Gasteiger partial charge in [-0.1, -0.05) is 0 Å². The molecule has 2 aromatic heterocycles. The number of imidazole rings is 1. The Labute approximate surface area is 113 Å². The molecule has 0 spiro atoms. The number of nitrogens with one attached hydrogen (secondary N) is 1. The number of ether oxygens (including phenoxy) is 1. The molecule has 102 valence electrons. The van der Waals surface area contributed by atoms with Gasteiger partial charge in [-0.15, -0.1) is 0 Å². The van der Waals surface area contributed by atoms with Gasteiger partial charge in [0.2, 0.25) is 5.88 Å². The van der Waals surface area contributed by atoms with Crippen molar-refractivity contribution in [2.75, 3.05) is 14.2 Å². The number of hydrogen-bond donors (Lipinski definition) is 1. The zero-order valence-electron chi connectivity index (χ0n) is 11.8. The van der Waals surface area contributed by atoms with E-state index < -0.39 is 0 Å². The van der Waals surface area contributed by atoms with Gasteiger partial charge in [0.15, 0.2) is 0 Å². The Morgan fingerprint density at radius 1 is 1.42 bits per heavy atom. The molecule has 2 aromatic rings. The molecule has 5 nitrogen and oxygen atoms in total. The molecule has 0 saturated heterocycles. The highest BCUT2D eigenvalue weighted by Gasteiger charge is 2.22. The van der Waals surface area contributed by atoms with E-state index >= 15 is 0 Å². The number of hydrogen-bond acceptors (Lipinski definition) is 4. The number of methoxy groups -OCH3 is 1. The molecule has 0 saturated carbocycles. The van der Waals surface area contributed by atoms with Crippen molar-refractivity contribution in [1.29, 1.82) is 0 Å². The van der Waals surface area contributed by atoms with Gasteiger partial charge in [0.1, 0.15) is 0 Å². The van der Waals surface area contributed by atoms with Crippen LogP contribution in [-0.4, -0.2) is 28.7 Å². The maximum Gasteiger partial charge on any atom is 0.213 e. The maximum absolute atomic E-state index is 5.14. The van der Waals surface area contributed by atoms with E-state index in [0.29, 0.717) is 5.88 Å². The summed E-state index contributed by atoms with van der Waals surface area (Å²) in [5, 5.41) is 3.29. The Balaban J connectivity index is 2.26. The van der Waals surface area contributed by atoms with Crippen LogP contribution in [0.4, 0.5) is 0 Å². The average Bonchev–Trinajstić information content (AvgIpc) is 2.88. The minimum atomic E-state index is -0.117. The zero-order chi connectivity index (χ0) is 13.9. The van der Waals surface area contributed by atoms with Gasteiger partial charge in [0.25, 0.3) is 0 Å². The SMILES string of the molecule is CNC(C)(C)c1cncn1Cc1ccnc(OC)c1. The first kappa shape index (κ1) is 13.5. The summed E-state index contributed by atoms with van der Waals surface area (Å²) in [5.41, 5.74) is 2.16. The monoisotopic (exact) mass is 260 g/mol. The number of rotatable bonds is 5. The normalized spacial score (nSPS) is 11.6. The van der Waals surface area contributed by atoms with E-state index in [1.165, 1.54) is 0 Å². The molecule has 0 atom stereocenters. The van der Waals surface area contributed by atoms with E-state index in [-0.39, 0.29) is 5.54 Å². The summed E-state index contributed by atoms with van der Waals surface area (Å²) in [4.78, 5) is 8.37. The van der Waals surface area contributed by atoms with E-state index in [4.69, 9.17) is 4.74 Å². The summed E-state index contributed by atoms with van der Waals surface area (Å²) in [7, 11) is 3.58. The fraction of sp³-hybridized carbons (Fsp3) is 0.429. The smallest absolute Gasteiger partial charge is 0.213 e. The Hall–Kier alpha value is -1.88. The molecule has 2 heterocycles. The Bertz CT molecular complexity index is 548. The summed E-state index contributed by atoms with van der Waals surface area (Å²) in [5.74, 6) is 0.632. The molecule has 2 rings (SSSR count). The van der Waals surface area contributed by atoms with Crippen LogP contribution in [0, 0.1) is 0 Å². The summed E-state index contributed by atoms with van der Waals surface area (Å²) in [6.45, 7) is 5.01. The third-order valence-electron chi connectivity index (χ3n) is 3.34. The molecule has 0 bridgehead atoms. The topological polar surface area (TPSA) is 52.0 Å². The second-order valence-corrected chi connectivity index (χ2v) is 4.99. The van der Waals surface area contributed by atoms with Gasteiger partial charge in [0, 0.05) is 18.8 Å². The van der Waals surface area contributed by atoms with E-state index in [2.05, 4.69) is 33.7 Å². The highest BCUT2D eigenvalue weighted by atomic mass is 16.5. The van der Waals surface area contributed by atoms with Crippen molar-refractivity contribution in [2.45, 2.75) is 25.9 Å². The minimum absolute atomic E-state index is 0.117. The molecular formula is C14H20N4O. The predicted octanol–water partition coefficient (Wildman–Crippen LogP) is 1.79. The highest BCUT2D eigenvalue weighted by molar-refractivity contribution is 5.22. The molecule has 0 aliphatic heterocycles. The first-order valence-corrected chi connectivity index (χ1v) is 6.25. The van der Waals surface area contributed by atoms with Crippen molar-refractivity contribution in [3.05, 3.63) is 42.1 Å². The van der Waals surface area contributed by atoms with Crippen molar-refractivity contribution < 1.29 is 4.74 Å². The predicted molar refractivity (Wildman–Crippen MR) is 74.2 cm³/mol. The molecule has 0 amide bonds. The maximum atomic E-state index is 5.14. The Morgan fingerprint density at radius 2 is 2.21 bits per heavy atom. The molecule has 0 aliphatic rings. The number of aromatic nitrogens is 3. The van der Waals surface area contributed by atoms with Gasteiger partial charge in [-0.2, -0.15) is 0 Å². The largest absolute Gasteiger partial charge is 0.481 e. The van der Waals surface area contributed by atoms with Crippen LogP contribution in [0.2, 0.25) is 0 Å². The lowest BCUT2D eigenvalue weighted by molar-refractivity contribution is 0.396. The Kier molecular flexibility index (Phi) is 3.85. The van der Waals surface area contributed by atoms with Crippen LogP contribution >= 0.6 is 0 Å². The lowest BCUT2D eigenvalue weighted by atomic mass is 10.0. The van der Waals surface area contributed by atoms with Crippen LogP contribution in [0.15, 0.2) is 30.9 Å². The van der Waals surface area contributed by atoms with Crippen molar-refractivity contribution >= 4 is 0 Å². The lowest BCUT2D eigenvalue weighted by Gasteiger charge is -2.25. The molecule has 19 heavy (non-hydrogen) atoms. The minimum Gasteiger partial charge on any atom is -0.481 e. The fourth-order valence-electron chi connectivity index (χ4n) is 1.95. The van der Waals surface area contributed by atoms with E-state index in [0.717, 1.165) is 17.8 Å². The lowest BCUT2D eigenvalue weighted by Crippen LogP contribution is -2.35. The summed E-state index contributed by atoms with van der Waals surface area (Å²) < 4.78 is 7.27. The first-order chi connectivity index (χ1) is 9.06.